The molecule has 0 unspecified atom stereocenters. The van der Waals surface area contributed by atoms with Crippen molar-refractivity contribution in [1.82, 2.24) is 5.01 Å². The highest BCUT2D eigenvalue weighted by atomic mass is 35.5. The normalized spacial score (nSPS) is 15.4. The number of aryl methyl sites for hydroxylation is 1. The molecule has 0 aromatic heterocycles. The minimum Gasteiger partial charge on any atom is -0.368 e. The first kappa shape index (κ1) is 16.2. The lowest BCUT2D eigenvalue weighted by Gasteiger charge is -2.34. The fourth-order valence-electron chi connectivity index (χ4n) is 2.57. The van der Waals surface area contributed by atoms with Crippen molar-refractivity contribution in [3.63, 3.8) is 0 Å². The maximum Gasteiger partial charge on any atom is 0.0598 e. The topological polar surface area (TPSA) is 18.8 Å². The van der Waals surface area contributed by atoms with Gasteiger partial charge in [-0.2, -0.15) is 5.10 Å². The second-order valence-corrected chi connectivity index (χ2v) is 6.51. The molecule has 0 N–H and O–H groups in total. The van der Waals surface area contributed by atoms with Crippen LogP contribution in [-0.2, 0) is 0 Å². The zero-order chi connectivity index (χ0) is 16.2. The molecule has 1 aliphatic heterocycles. The minimum atomic E-state index is 0.555. The van der Waals surface area contributed by atoms with Crippen molar-refractivity contribution in [3.05, 3.63) is 63.6 Å². The summed E-state index contributed by atoms with van der Waals surface area (Å²) >= 11 is 11.9. The number of rotatable bonds is 3. The number of piperazine rings is 1. The first-order chi connectivity index (χ1) is 11.1. The molecule has 1 aliphatic rings. The van der Waals surface area contributed by atoms with E-state index in [1.165, 1.54) is 11.3 Å². The van der Waals surface area contributed by atoms with Gasteiger partial charge < -0.3 is 4.90 Å². The van der Waals surface area contributed by atoms with Crippen LogP contribution in [0.3, 0.4) is 0 Å². The molecular formula is C18H19Cl2N3. The molecule has 1 fully saturated rings. The van der Waals surface area contributed by atoms with Crippen molar-refractivity contribution in [2.24, 2.45) is 5.10 Å². The predicted molar refractivity (Wildman–Crippen MR) is 99.0 cm³/mol. The minimum absolute atomic E-state index is 0.555. The van der Waals surface area contributed by atoms with E-state index >= 15 is 0 Å². The van der Waals surface area contributed by atoms with Crippen LogP contribution in [-0.4, -0.2) is 37.4 Å². The Morgan fingerprint density at radius 1 is 0.913 bits per heavy atom. The van der Waals surface area contributed by atoms with Crippen LogP contribution in [0, 0.1) is 6.92 Å². The molecule has 1 saturated heterocycles. The van der Waals surface area contributed by atoms with E-state index in [0.717, 1.165) is 31.7 Å². The van der Waals surface area contributed by atoms with Gasteiger partial charge in [0.05, 0.1) is 29.3 Å². The highest BCUT2D eigenvalue weighted by Crippen LogP contribution is 2.22. The third kappa shape index (κ3) is 4.18. The first-order valence-electron chi connectivity index (χ1n) is 7.67. The van der Waals surface area contributed by atoms with E-state index in [0.29, 0.717) is 10.0 Å². The summed E-state index contributed by atoms with van der Waals surface area (Å²) in [6.45, 7) is 5.88. The Labute approximate surface area is 147 Å². The van der Waals surface area contributed by atoms with Gasteiger partial charge in [-0.1, -0.05) is 47.0 Å². The predicted octanol–water partition coefficient (Wildman–Crippen LogP) is 4.46. The van der Waals surface area contributed by atoms with Crippen molar-refractivity contribution in [3.8, 4) is 0 Å². The largest absolute Gasteiger partial charge is 0.368 e. The van der Waals surface area contributed by atoms with Gasteiger partial charge in [-0.3, -0.25) is 5.01 Å². The van der Waals surface area contributed by atoms with Crippen LogP contribution >= 0.6 is 23.2 Å². The molecule has 0 amide bonds. The summed E-state index contributed by atoms with van der Waals surface area (Å²) in [6.07, 6.45) is 1.84. The van der Waals surface area contributed by atoms with Crippen LogP contribution in [0.25, 0.3) is 0 Å². The maximum absolute atomic E-state index is 6.02. The van der Waals surface area contributed by atoms with Crippen LogP contribution in [0.5, 0.6) is 0 Å². The molecule has 0 bridgehead atoms. The average Bonchev–Trinajstić information content (AvgIpc) is 2.57. The van der Waals surface area contributed by atoms with E-state index in [9.17, 15) is 0 Å². The van der Waals surface area contributed by atoms with Gasteiger partial charge in [0.2, 0.25) is 0 Å². The van der Waals surface area contributed by atoms with E-state index in [-0.39, 0.29) is 0 Å². The summed E-state index contributed by atoms with van der Waals surface area (Å²) < 4.78 is 0. The molecule has 1 heterocycles. The van der Waals surface area contributed by atoms with Crippen LogP contribution in [0.2, 0.25) is 10.0 Å². The maximum atomic E-state index is 6.02. The van der Waals surface area contributed by atoms with Gasteiger partial charge in [0.1, 0.15) is 0 Å². The van der Waals surface area contributed by atoms with Gasteiger partial charge in [0, 0.05) is 18.8 Å². The fourth-order valence-corrected chi connectivity index (χ4v) is 2.87. The lowest BCUT2D eigenvalue weighted by molar-refractivity contribution is 0.272. The SMILES string of the molecule is Cc1ccc(N2CCN(N=Cc3ccc(Cl)c(Cl)c3)CC2)cc1. The number of halogens is 2. The molecule has 23 heavy (non-hydrogen) atoms. The van der Waals surface area contributed by atoms with Crippen LogP contribution in [0.4, 0.5) is 5.69 Å². The van der Waals surface area contributed by atoms with E-state index in [1.54, 1.807) is 6.07 Å². The van der Waals surface area contributed by atoms with Crippen LogP contribution < -0.4 is 4.90 Å². The zero-order valence-electron chi connectivity index (χ0n) is 13.0. The Balaban J connectivity index is 1.57. The van der Waals surface area contributed by atoms with E-state index in [2.05, 4.69) is 46.2 Å². The molecule has 2 aromatic carbocycles. The molecule has 0 saturated carbocycles. The van der Waals surface area contributed by atoms with Gasteiger partial charge in [0.15, 0.2) is 0 Å². The molecule has 0 spiro atoms. The Bertz CT molecular complexity index is 690. The Kier molecular flexibility index (Phi) is 5.09. The summed E-state index contributed by atoms with van der Waals surface area (Å²) in [7, 11) is 0. The Morgan fingerprint density at radius 2 is 1.61 bits per heavy atom. The third-order valence-electron chi connectivity index (χ3n) is 3.97. The molecule has 0 radical (unpaired) electrons. The fraction of sp³-hybridized carbons (Fsp3) is 0.278. The lowest BCUT2D eigenvalue weighted by atomic mass is 10.2. The van der Waals surface area contributed by atoms with Gasteiger partial charge in [-0.25, -0.2) is 0 Å². The standard InChI is InChI=1S/C18H19Cl2N3/c1-14-2-5-16(6-3-14)22-8-10-23(11-9-22)21-13-15-4-7-17(19)18(20)12-15/h2-7,12-13H,8-11H2,1H3. The van der Waals surface area contributed by atoms with E-state index in [4.69, 9.17) is 23.2 Å². The number of hydrazone groups is 1. The molecular weight excluding hydrogens is 329 g/mol. The monoisotopic (exact) mass is 347 g/mol. The highest BCUT2D eigenvalue weighted by molar-refractivity contribution is 6.42. The van der Waals surface area contributed by atoms with Gasteiger partial charge in [-0.05, 0) is 36.8 Å². The van der Waals surface area contributed by atoms with Crippen molar-refractivity contribution in [2.45, 2.75) is 6.92 Å². The molecule has 120 valence electrons. The second-order valence-electron chi connectivity index (χ2n) is 5.69. The third-order valence-corrected chi connectivity index (χ3v) is 4.71. The number of nitrogens with zero attached hydrogens (tertiary/aromatic N) is 3. The Hall–Kier alpha value is -1.71. The summed E-state index contributed by atoms with van der Waals surface area (Å²) in [5.74, 6) is 0. The molecule has 0 aliphatic carbocycles. The van der Waals surface area contributed by atoms with Gasteiger partial charge in [-0.15, -0.1) is 0 Å². The number of benzene rings is 2. The zero-order valence-corrected chi connectivity index (χ0v) is 14.6. The lowest BCUT2D eigenvalue weighted by Crippen LogP contribution is -2.44. The van der Waals surface area contributed by atoms with Crippen LogP contribution in [0.1, 0.15) is 11.1 Å². The number of hydrogen-bond acceptors (Lipinski definition) is 3. The van der Waals surface area contributed by atoms with Crippen LogP contribution in [0.15, 0.2) is 47.6 Å². The van der Waals surface area contributed by atoms with E-state index in [1.807, 2.05) is 18.3 Å². The first-order valence-corrected chi connectivity index (χ1v) is 8.43. The average molecular weight is 348 g/mol. The summed E-state index contributed by atoms with van der Waals surface area (Å²) in [4.78, 5) is 2.39. The van der Waals surface area contributed by atoms with Gasteiger partial charge >= 0.3 is 0 Å². The Morgan fingerprint density at radius 3 is 2.26 bits per heavy atom. The van der Waals surface area contributed by atoms with Crippen molar-refractivity contribution >= 4 is 35.1 Å². The van der Waals surface area contributed by atoms with Crippen molar-refractivity contribution in [2.75, 3.05) is 31.1 Å². The van der Waals surface area contributed by atoms with Gasteiger partial charge in [0.25, 0.3) is 0 Å². The smallest absolute Gasteiger partial charge is 0.0598 e. The molecule has 3 nitrogen and oxygen atoms in total. The number of anilines is 1. The quantitative estimate of drug-likeness (QED) is 0.763. The molecule has 0 atom stereocenters. The number of hydrogen-bond donors (Lipinski definition) is 0. The van der Waals surface area contributed by atoms with Crippen molar-refractivity contribution < 1.29 is 0 Å². The molecule has 3 rings (SSSR count). The molecule has 2 aromatic rings. The second kappa shape index (κ2) is 7.24. The highest BCUT2D eigenvalue weighted by Gasteiger charge is 2.15. The summed E-state index contributed by atoms with van der Waals surface area (Å²) in [5, 5.41) is 7.76. The molecule has 5 heteroatoms. The van der Waals surface area contributed by atoms with Crippen molar-refractivity contribution in [1.29, 1.82) is 0 Å². The summed E-state index contributed by atoms with van der Waals surface area (Å²) in [6, 6.07) is 14.2. The summed E-state index contributed by atoms with van der Waals surface area (Å²) in [5.41, 5.74) is 3.53. The van der Waals surface area contributed by atoms with E-state index < -0.39 is 0 Å².